The lowest BCUT2D eigenvalue weighted by Crippen LogP contribution is -2.60. The van der Waals surface area contributed by atoms with Crippen LogP contribution in [0.2, 0.25) is 0 Å². The van der Waals surface area contributed by atoms with E-state index in [0.717, 1.165) is 48.8 Å². The van der Waals surface area contributed by atoms with Crippen molar-refractivity contribution in [3.05, 3.63) is 23.3 Å². The summed E-state index contributed by atoms with van der Waals surface area (Å²) >= 11 is 0. The van der Waals surface area contributed by atoms with Gasteiger partial charge in [0.15, 0.2) is 5.78 Å². The fourth-order valence-electron chi connectivity index (χ4n) is 8.23. The molecule has 0 unspecified atom stereocenters. The maximum absolute atomic E-state index is 13.5. The molecule has 8 atom stereocenters. The Morgan fingerprint density at radius 1 is 1.06 bits per heavy atom. The minimum Gasteiger partial charge on any atom is -0.389 e. The number of fused-ring (bicyclic) bond motifs is 4. The molecule has 4 aliphatic carbocycles. The number of Topliss-reactive ketones (excluding diaryl/α,β-unsaturated/α-hetero) is 1. The molecule has 0 saturated heterocycles. The smallest absolute Gasteiger partial charge is 0.159 e. The third kappa shape index (κ3) is 3.32. The zero-order valence-electron chi connectivity index (χ0n) is 21.3. The van der Waals surface area contributed by atoms with E-state index in [1.807, 2.05) is 0 Å². The lowest BCUT2D eigenvalue weighted by atomic mass is 9.46. The van der Waals surface area contributed by atoms with Gasteiger partial charge in [-0.15, -0.1) is 0 Å². The van der Waals surface area contributed by atoms with E-state index in [2.05, 4.69) is 48.1 Å². The van der Waals surface area contributed by atoms with Gasteiger partial charge in [0.2, 0.25) is 0 Å². The molecule has 0 bridgehead atoms. The van der Waals surface area contributed by atoms with E-state index < -0.39 is 11.7 Å². The molecule has 0 aliphatic heterocycles. The van der Waals surface area contributed by atoms with Crippen LogP contribution >= 0.6 is 0 Å². The highest BCUT2D eigenvalue weighted by molar-refractivity contribution is 6.01. The maximum Gasteiger partial charge on any atom is 0.159 e. The molecule has 3 heteroatoms. The average molecular weight is 443 g/mol. The largest absolute Gasteiger partial charge is 0.389 e. The van der Waals surface area contributed by atoms with Gasteiger partial charge in [-0.1, -0.05) is 61.0 Å². The third-order valence-electron chi connectivity index (χ3n) is 11.0. The Hall–Kier alpha value is -0.930. The first-order chi connectivity index (χ1) is 14.9. The van der Waals surface area contributed by atoms with Crippen molar-refractivity contribution in [2.24, 2.45) is 40.4 Å². The molecule has 0 aromatic carbocycles. The SMILES string of the molecule is C=C1[C@@H](O)CC[C@@]2(C)[C@H]1CCC1=C3C(=O)C[C@H]([C@H](C)CC[C@@H](C)C(C)C)[C@@]3(C)CC[C@@]12O. The van der Waals surface area contributed by atoms with E-state index in [-0.39, 0.29) is 16.7 Å². The summed E-state index contributed by atoms with van der Waals surface area (Å²) in [4.78, 5) is 13.5. The number of carbonyl (C=O) groups is 1. The highest BCUT2D eigenvalue weighted by Crippen LogP contribution is 2.67. The Bertz CT molecular complexity index is 824. The van der Waals surface area contributed by atoms with E-state index in [4.69, 9.17) is 0 Å². The second-order valence-corrected chi connectivity index (χ2v) is 12.8. The zero-order chi connectivity index (χ0) is 23.6. The van der Waals surface area contributed by atoms with Crippen LogP contribution in [0.3, 0.4) is 0 Å². The second-order valence-electron chi connectivity index (χ2n) is 12.8. The van der Waals surface area contributed by atoms with Crippen LogP contribution in [-0.4, -0.2) is 27.7 Å². The number of aliphatic hydroxyl groups excluding tert-OH is 1. The summed E-state index contributed by atoms with van der Waals surface area (Å²) in [5, 5.41) is 22.7. The van der Waals surface area contributed by atoms with E-state index in [9.17, 15) is 15.0 Å². The van der Waals surface area contributed by atoms with Crippen LogP contribution in [0.1, 0.15) is 99.3 Å². The Kier molecular flexibility index (Phi) is 6.11. The molecule has 0 aromatic rings. The van der Waals surface area contributed by atoms with Crippen LogP contribution in [-0.2, 0) is 4.79 Å². The Balaban J connectivity index is 1.66. The minimum absolute atomic E-state index is 0.104. The van der Waals surface area contributed by atoms with E-state index >= 15 is 0 Å². The number of hydrogen-bond donors (Lipinski definition) is 2. The predicted molar refractivity (Wildman–Crippen MR) is 130 cm³/mol. The quantitative estimate of drug-likeness (QED) is 0.496. The Morgan fingerprint density at radius 3 is 2.41 bits per heavy atom. The highest BCUT2D eigenvalue weighted by Gasteiger charge is 2.64. The molecule has 3 fully saturated rings. The molecule has 3 nitrogen and oxygen atoms in total. The van der Waals surface area contributed by atoms with Gasteiger partial charge in [0.1, 0.15) is 0 Å². The predicted octanol–water partition coefficient (Wildman–Crippen LogP) is 6.24. The van der Waals surface area contributed by atoms with Gasteiger partial charge < -0.3 is 10.2 Å². The lowest BCUT2D eigenvalue weighted by Gasteiger charge is -2.61. The topological polar surface area (TPSA) is 57.5 Å². The molecule has 2 N–H and O–H groups in total. The molecule has 0 heterocycles. The van der Waals surface area contributed by atoms with Gasteiger partial charge in [-0.3, -0.25) is 4.79 Å². The molecule has 0 aromatic heterocycles. The zero-order valence-corrected chi connectivity index (χ0v) is 21.3. The number of hydrogen-bond acceptors (Lipinski definition) is 3. The van der Waals surface area contributed by atoms with Crippen LogP contribution in [0, 0.1) is 40.4 Å². The van der Waals surface area contributed by atoms with Crippen LogP contribution in [0.25, 0.3) is 0 Å². The Labute approximate surface area is 195 Å². The first kappa shape index (κ1) is 24.2. The van der Waals surface area contributed by atoms with E-state index in [1.165, 1.54) is 12.8 Å². The monoisotopic (exact) mass is 442 g/mol. The van der Waals surface area contributed by atoms with Crippen LogP contribution in [0.5, 0.6) is 0 Å². The standard InChI is InChI=1S/C29H46O3/c1-17(2)18(3)8-9-19(4)23-16-25(31)26-22-11-10-21-20(5)24(30)12-13-28(21,7)29(22,32)15-14-27(23,26)6/h17-19,21,23-24,30,32H,5,8-16H2,1-4,6-7H3/t18-,19-,21+,23-,24+,27-,28+,29-/m1/s1. The molecule has 32 heavy (non-hydrogen) atoms. The molecular formula is C29H46O3. The molecule has 0 radical (unpaired) electrons. The molecule has 0 amide bonds. The molecule has 4 aliphatic rings. The fourth-order valence-corrected chi connectivity index (χ4v) is 8.23. The van der Waals surface area contributed by atoms with Crippen molar-refractivity contribution >= 4 is 5.78 Å². The van der Waals surface area contributed by atoms with E-state index in [0.29, 0.717) is 42.3 Å². The van der Waals surface area contributed by atoms with Crippen LogP contribution in [0.4, 0.5) is 0 Å². The molecule has 4 rings (SSSR count). The average Bonchev–Trinajstić information content (AvgIpc) is 3.01. The fraction of sp³-hybridized carbons (Fsp3) is 0.828. The van der Waals surface area contributed by atoms with Crippen molar-refractivity contribution in [2.45, 2.75) is 111 Å². The summed E-state index contributed by atoms with van der Waals surface area (Å²) in [5.74, 6) is 2.74. The summed E-state index contributed by atoms with van der Waals surface area (Å²) < 4.78 is 0. The van der Waals surface area contributed by atoms with Gasteiger partial charge in [-0.25, -0.2) is 0 Å². The number of rotatable bonds is 5. The summed E-state index contributed by atoms with van der Waals surface area (Å²) in [6, 6.07) is 0. The number of aliphatic hydroxyl groups is 2. The number of ketones is 1. The van der Waals surface area contributed by atoms with Gasteiger partial charge >= 0.3 is 0 Å². The van der Waals surface area contributed by atoms with Crippen molar-refractivity contribution in [1.82, 2.24) is 0 Å². The molecule has 0 spiro atoms. The first-order valence-corrected chi connectivity index (χ1v) is 13.2. The summed E-state index contributed by atoms with van der Waals surface area (Å²) in [6.45, 7) is 18.1. The van der Waals surface area contributed by atoms with Crippen LogP contribution < -0.4 is 0 Å². The van der Waals surface area contributed by atoms with Crippen molar-refractivity contribution in [2.75, 3.05) is 0 Å². The first-order valence-electron chi connectivity index (χ1n) is 13.2. The normalized spacial score (nSPS) is 43.7. The van der Waals surface area contributed by atoms with Crippen molar-refractivity contribution in [3.63, 3.8) is 0 Å². The van der Waals surface area contributed by atoms with E-state index in [1.54, 1.807) is 0 Å². The van der Waals surface area contributed by atoms with Gasteiger partial charge in [-0.05, 0) is 84.7 Å². The Morgan fingerprint density at radius 2 is 1.75 bits per heavy atom. The van der Waals surface area contributed by atoms with Gasteiger partial charge in [0.25, 0.3) is 0 Å². The summed E-state index contributed by atoms with van der Waals surface area (Å²) in [6.07, 6.45) is 7.33. The summed E-state index contributed by atoms with van der Waals surface area (Å²) in [5.41, 5.74) is 1.58. The van der Waals surface area contributed by atoms with Crippen molar-refractivity contribution in [1.29, 1.82) is 0 Å². The van der Waals surface area contributed by atoms with Crippen molar-refractivity contribution < 1.29 is 15.0 Å². The number of carbonyl (C=O) groups excluding carboxylic acids is 1. The molecular weight excluding hydrogens is 396 g/mol. The highest BCUT2D eigenvalue weighted by atomic mass is 16.3. The van der Waals surface area contributed by atoms with Gasteiger partial charge in [-0.2, -0.15) is 0 Å². The third-order valence-corrected chi connectivity index (χ3v) is 11.0. The minimum atomic E-state index is -0.937. The molecule has 3 saturated carbocycles. The van der Waals surface area contributed by atoms with Gasteiger partial charge in [0.05, 0.1) is 11.7 Å². The lowest BCUT2D eigenvalue weighted by molar-refractivity contribution is -0.133. The van der Waals surface area contributed by atoms with Crippen molar-refractivity contribution in [3.8, 4) is 0 Å². The number of allylic oxidation sites excluding steroid dienone is 1. The second kappa shape index (κ2) is 8.08. The molecule has 180 valence electrons. The maximum atomic E-state index is 13.5. The van der Waals surface area contributed by atoms with Gasteiger partial charge in [0, 0.05) is 17.4 Å². The van der Waals surface area contributed by atoms with Crippen LogP contribution in [0.15, 0.2) is 23.3 Å². The summed E-state index contributed by atoms with van der Waals surface area (Å²) in [7, 11) is 0.